The Bertz CT molecular complexity index is 444. The zero-order chi connectivity index (χ0) is 11.1. The molecule has 2 rings (SSSR count). The molecule has 1 saturated heterocycles. The quantitative estimate of drug-likeness (QED) is 0.773. The zero-order valence-corrected chi connectivity index (χ0v) is 9.50. The van der Waals surface area contributed by atoms with Crippen molar-refractivity contribution in [3.8, 4) is 0 Å². The van der Waals surface area contributed by atoms with Crippen molar-refractivity contribution in [3.05, 3.63) is 11.8 Å². The Balaban J connectivity index is 2.04. The highest BCUT2D eigenvalue weighted by atomic mass is 32.2. The molecule has 5 nitrogen and oxygen atoms in total. The fourth-order valence-electron chi connectivity index (χ4n) is 1.97. The van der Waals surface area contributed by atoms with Crippen LogP contribution in [0.1, 0.15) is 12.1 Å². The van der Waals surface area contributed by atoms with Gasteiger partial charge >= 0.3 is 0 Å². The van der Waals surface area contributed by atoms with Gasteiger partial charge in [-0.05, 0) is 18.8 Å². The number of nitrogens with zero attached hydrogens (tertiary/aromatic N) is 2. The molecule has 84 valence electrons. The van der Waals surface area contributed by atoms with Crippen molar-refractivity contribution in [2.24, 2.45) is 13.0 Å². The van der Waals surface area contributed by atoms with Gasteiger partial charge in [-0.2, -0.15) is 5.10 Å². The molecule has 1 fully saturated rings. The summed E-state index contributed by atoms with van der Waals surface area (Å²) < 4.78 is 24.1. The van der Waals surface area contributed by atoms with Crippen LogP contribution in [0.4, 0.5) is 5.82 Å². The minimum atomic E-state index is -2.78. The van der Waals surface area contributed by atoms with Crippen LogP contribution < -0.4 is 5.73 Å². The molecular formula is C9H15N3O2S. The lowest BCUT2D eigenvalue weighted by atomic mass is 10.0. The first-order valence-electron chi connectivity index (χ1n) is 4.95. The number of sulfone groups is 1. The van der Waals surface area contributed by atoms with Crippen molar-refractivity contribution < 1.29 is 8.42 Å². The first-order valence-corrected chi connectivity index (χ1v) is 6.77. The maximum Gasteiger partial charge on any atom is 0.150 e. The van der Waals surface area contributed by atoms with Crippen molar-refractivity contribution in [2.75, 3.05) is 17.2 Å². The van der Waals surface area contributed by atoms with Crippen LogP contribution in [-0.2, 0) is 23.3 Å². The number of aromatic nitrogens is 2. The molecule has 1 atom stereocenters. The van der Waals surface area contributed by atoms with Gasteiger partial charge in [-0.3, -0.25) is 4.68 Å². The van der Waals surface area contributed by atoms with E-state index in [1.54, 1.807) is 11.7 Å². The second-order valence-corrected chi connectivity index (χ2v) is 6.39. The SMILES string of the molecule is Cn1nc(CC2CCS(=O)(=O)C2)cc1N. The van der Waals surface area contributed by atoms with Crippen LogP contribution >= 0.6 is 0 Å². The van der Waals surface area contributed by atoms with Crippen LogP contribution in [0.5, 0.6) is 0 Å². The second kappa shape index (κ2) is 3.52. The molecule has 0 radical (unpaired) electrons. The third-order valence-corrected chi connectivity index (χ3v) is 4.63. The van der Waals surface area contributed by atoms with E-state index in [1.807, 2.05) is 6.07 Å². The van der Waals surface area contributed by atoms with Crippen LogP contribution in [0.2, 0.25) is 0 Å². The summed E-state index contributed by atoms with van der Waals surface area (Å²) in [4.78, 5) is 0. The average molecular weight is 229 g/mol. The van der Waals surface area contributed by atoms with Crippen molar-refractivity contribution >= 4 is 15.7 Å². The summed E-state index contributed by atoms with van der Waals surface area (Å²) in [6.07, 6.45) is 1.46. The van der Waals surface area contributed by atoms with E-state index in [0.717, 1.165) is 12.1 Å². The first kappa shape index (κ1) is 10.5. The Labute approximate surface area is 89.2 Å². The average Bonchev–Trinajstić information content (AvgIpc) is 2.58. The summed E-state index contributed by atoms with van der Waals surface area (Å²) in [7, 11) is -1.00. The number of hydrogen-bond acceptors (Lipinski definition) is 4. The Morgan fingerprint density at radius 1 is 1.67 bits per heavy atom. The highest BCUT2D eigenvalue weighted by Gasteiger charge is 2.28. The summed E-state index contributed by atoms with van der Waals surface area (Å²) in [5, 5.41) is 4.22. The van der Waals surface area contributed by atoms with Gasteiger partial charge in [0, 0.05) is 13.1 Å². The van der Waals surface area contributed by atoms with Gasteiger partial charge < -0.3 is 5.73 Å². The van der Waals surface area contributed by atoms with Crippen molar-refractivity contribution in [3.63, 3.8) is 0 Å². The van der Waals surface area contributed by atoms with Crippen LogP contribution in [-0.4, -0.2) is 29.7 Å². The molecule has 0 aromatic carbocycles. The lowest BCUT2D eigenvalue weighted by molar-refractivity contribution is 0.571. The first-order chi connectivity index (χ1) is 6.96. The zero-order valence-electron chi connectivity index (χ0n) is 8.68. The molecule has 1 aliphatic rings. The molecule has 2 N–H and O–H groups in total. The van der Waals surface area contributed by atoms with Gasteiger partial charge in [0.15, 0.2) is 9.84 Å². The monoisotopic (exact) mass is 229 g/mol. The van der Waals surface area contributed by atoms with Crippen LogP contribution in [0, 0.1) is 5.92 Å². The van der Waals surface area contributed by atoms with Crippen molar-refractivity contribution in [1.29, 1.82) is 0 Å². The molecule has 6 heteroatoms. The topological polar surface area (TPSA) is 78.0 Å². The third kappa shape index (κ3) is 2.31. The van der Waals surface area contributed by atoms with E-state index in [0.29, 0.717) is 23.7 Å². The highest BCUT2D eigenvalue weighted by molar-refractivity contribution is 7.91. The number of hydrogen-bond donors (Lipinski definition) is 1. The van der Waals surface area contributed by atoms with Gasteiger partial charge in [-0.25, -0.2) is 8.42 Å². The Morgan fingerprint density at radius 2 is 2.40 bits per heavy atom. The lowest BCUT2D eigenvalue weighted by Crippen LogP contribution is -2.08. The van der Waals surface area contributed by atoms with Crippen molar-refractivity contribution in [2.45, 2.75) is 12.8 Å². The van der Waals surface area contributed by atoms with E-state index >= 15 is 0 Å². The molecule has 0 amide bonds. The maximum atomic E-state index is 11.3. The van der Waals surface area contributed by atoms with Gasteiger partial charge in [-0.15, -0.1) is 0 Å². The van der Waals surface area contributed by atoms with Crippen LogP contribution in [0.25, 0.3) is 0 Å². The predicted octanol–water partition coefficient (Wildman–Crippen LogP) is -0.0205. The number of rotatable bonds is 2. The summed E-state index contributed by atoms with van der Waals surface area (Å²) in [5.41, 5.74) is 6.54. The molecule has 0 saturated carbocycles. The molecule has 0 spiro atoms. The number of nitrogen functional groups attached to an aromatic ring is 1. The molecule has 1 aliphatic heterocycles. The minimum absolute atomic E-state index is 0.212. The van der Waals surface area contributed by atoms with Gasteiger partial charge in [0.05, 0.1) is 17.2 Å². The number of anilines is 1. The second-order valence-electron chi connectivity index (χ2n) is 4.16. The van der Waals surface area contributed by atoms with E-state index < -0.39 is 9.84 Å². The van der Waals surface area contributed by atoms with Crippen LogP contribution in [0.3, 0.4) is 0 Å². The van der Waals surface area contributed by atoms with Gasteiger partial charge in [0.25, 0.3) is 0 Å². The summed E-state index contributed by atoms with van der Waals surface area (Å²) >= 11 is 0. The highest BCUT2D eigenvalue weighted by Crippen LogP contribution is 2.22. The fraction of sp³-hybridized carbons (Fsp3) is 0.667. The Kier molecular flexibility index (Phi) is 2.46. The molecule has 0 bridgehead atoms. The largest absolute Gasteiger partial charge is 0.384 e. The summed E-state index contributed by atoms with van der Waals surface area (Å²) in [6.45, 7) is 0. The molecular weight excluding hydrogens is 214 g/mol. The van der Waals surface area contributed by atoms with E-state index in [-0.39, 0.29) is 5.92 Å². The summed E-state index contributed by atoms with van der Waals surface area (Å²) in [5.74, 6) is 1.44. The van der Waals surface area contributed by atoms with Gasteiger partial charge in [0.1, 0.15) is 5.82 Å². The predicted molar refractivity (Wildman–Crippen MR) is 58.1 cm³/mol. The molecule has 15 heavy (non-hydrogen) atoms. The third-order valence-electron chi connectivity index (χ3n) is 2.79. The smallest absolute Gasteiger partial charge is 0.150 e. The van der Waals surface area contributed by atoms with E-state index in [4.69, 9.17) is 5.73 Å². The molecule has 0 aliphatic carbocycles. The standard InChI is InChI=1S/C9H15N3O2S/c1-12-9(10)5-8(11-12)4-7-2-3-15(13,14)6-7/h5,7H,2-4,6,10H2,1H3. The van der Waals surface area contributed by atoms with Crippen molar-refractivity contribution in [1.82, 2.24) is 9.78 Å². The van der Waals surface area contributed by atoms with Gasteiger partial charge in [0.2, 0.25) is 0 Å². The minimum Gasteiger partial charge on any atom is -0.384 e. The normalized spacial score (nSPS) is 24.5. The number of nitrogens with two attached hydrogens (primary N) is 1. The Hall–Kier alpha value is -1.04. The maximum absolute atomic E-state index is 11.3. The summed E-state index contributed by atoms with van der Waals surface area (Å²) in [6, 6.07) is 1.81. The lowest BCUT2D eigenvalue weighted by Gasteiger charge is -2.03. The van der Waals surface area contributed by atoms with Gasteiger partial charge in [-0.1, -0.05) is 0 Å². The van der Waals surface area contributed by atoms with Crippen LogP contribution in [0.15, 0.2) is 6.07 Å². The fourth-order valence-corrected chi connectivity index (χ4v) is 3.83. The van der Waals surface area contributed by atoms with E-state index in [2.05, 4.69) is 5.10 Å². The molecule has 2 heterocycles. The van der Waals surface area contributed by atoms with E-state index in [9.17, 15) is 8.42 Å². The molecule has 1 aromatic rings. The molecule has 1 unspecified atom stereocenters. The number of aryl methyl sites for hydroxylation is 1. The Morgan fingerprint density at radius 3 is 2.87 bits per heavy atom. The molecule has 1 aromatic heterocycles. The van der Waals surface area contributed by atoms with E-state index in [1.165, 1.54) is 0 Å².